The summed E-state index contributed by atoms with van der Waals surface area (Å²) in [5, 5.41) is 0.812. The quantitative estimate of drug-likeness (QED) is 0.689. The summed E-state index contributed by atoms with van der Waals surface area (Å²) >= 11 is 11.9. The molecule has 2 rings (SSSR count). The molecule has 5 heteroatoms. The van der Waals surface area contributed by atoms with Gasteiger partial charge in [0.2, 0.25) is 0 Å². The lowest BCUT2D eigenvalue weighted by Crippen LogP contribution is -2.09. The lowest BCUT2D eigenvalue weighted by molar-refractivity contribution is 0.0474. The summed E-state index contributed by atoms with van der Waals surface area (Å²) in [7, 11) is 0. The SMILES string of the molecule is Nc1cccc(Cl)c1C(=O)OCc1ccccc1Cl. The standard InChI is InChI=1S/C14H11Cl2NO2/c15-10-5-2-1-4-9(10)8-19-14(18)13-11(16)6-3-7-12(13)17/h1-7H,8,17H2. The number of hydrogen-bond donors (Lipinski definition) is 1. The fourth-order valence-corrected chi connectivity index (χ4v) is 2.04. The van der Waals surface area contributed by atoms with Gasteiger partial charge < -0.3 is 10.5 Å². The van der Waals surface area contributed by atoms with Gasteiger partial charge in [0, 0.05) is 16.3 Å². The molecule has 0 fully saturated rings. The number of esters is 1. The van der Waals surface area contributed by atoms with Gasteiger partial charge in [-0.05, 0) is 18.2 Å². The van der Waals surface area contributed by atoms with Gasteiger partial charge in [-0.3, -0.25) is 0 Å². The van der Waals surface area contributed by atoms with Gasteiger partial charge >= 0.3 is 5.97 Å². The second-order valence-electron chi connectivity index (χ2n) is 3.87. The number of ether oxygens (including phenoxy) is 1. The average molecular weight is 296 g/mol. The minimum absolute atomic E-state index is 0.0726. The Balaban J connectivity index is 2.13. The Morgan fingerprint density at radius 2 is 1.74 bits per heavy atom. The van der Waals surface area contributed by atoms with E-state index in [0.717, 1.165) is 5.56 Å². The molecule has 0 saturated carbocycles. The normalized spacial score (nSPS) is 10.2. The lowest BCUT2D eigenvalue weighted by atomic mass is 10.2. The highest BCUT2D eigenvalue weighted by atomic mass is 35.5. The van der Waals surface area contributed by atoms with Crippen LogP contribution in [0.15, 0.2) is 42.5 Å². The number of nitrogen functional groups attached to an aromatic ring is 1. The van der Waals surface area contributed by atoms with Crippen molar-refractivity contribution in [3.8, 4) is 0 Å². The zero-order valence-electron chi connectivity index (χ0n) is 9.90. The van der Waals surface area contributed by atoms with Crippen molar-refractivity contribution in [3.63, 3.8) is 0 Å². The summed E-state index contributed by atoms with van der Waals surface area (Å²) in [4.78, 5) is 11.9. The third-order valence-corrected chi connectivity index (χ3v) is 3.25. The number of nitrogens with two attached hydrogens (primary N) is 1. The number of hydrogen-bond acceptors (Lipinski definition) is 3. The van der Waals surface area contributed by atoms with Crippen molar-refractivity contribution < 1.29 is 9.53 Å². The first kappa shape index (κ1) is 13.7. The zero-order valence-corrected chi connectivity index (χ0v) is 11.4. The van der Waals surface area contributed by atoms with Gasteiger partial charge in [0.25, 0.3) is 0 Å². The van der Waals surface area contributed by atoms with E-state index in [1.807, 2.05) is 6.07 Å². The van der Waals surface area contributed by atoms with Crippen molar-refractivity contribution in [2.24, 2.45) is 0 Å². The van der Waals surface area contributed by atoms with Gasteiger partial charge in [0.1, 0.15) is 12.2 Å². The van der Waals surface area contributed by atoms with E-state index in [-0.39, 0.29) is 22.9 Å². The van der Waals surface area contributed by atoms with Gasteiger partial charge in [-0.2, -0.15) is 0 Å². The molecule has 19 heavy (non-hydrogen) atoms. The molecule has 2 aromatic carbocycles. The fourth-order valence-electron chi connectivity index (χ4n) is 1.59. The van der Waals surface area contributed by atoms with Crippen molar-refractivity contribution in [2.45, 2.75) is 6.61 Å². The summed E-state index contributed by atoms with van der Waals surface area (Å²) in [5.41, 5.74) is 6.90. The van der Waals surface area contributed by atoms with Crippen molar-refractivity contribution in [1.82, 2.24) is 0 Å². The molecule has 2 N–H and O–H groups in total. The van der Waals surface area contributed by atoms with Crippen LogP contribution in [0.5, 0.6) is 0 Å². The Morgan fingerprint density at radius 3 is 2.42 bits per heavy atom. The Morgan fingerprint density at radius 1 is 1.05 bits per heavy atom. The Hall–Kier alpha value is -1.71. The van der Waals surface area contributed by atoms with E-state index >= 15 is 0 Å². The largest absolute Gasteiger partial charge is 0.457 e. The number of benzene rings is 2. The number of rotatable bonds is 3. The molecule has 0 bridgehead atoms. The molecule has 0 amide bonds. The molecular formula is C14H11Cl2NO2. The highest BCUT2D eigenvalue weighted by Crippen LogP contribution is 2.24. The maximum absolute atomic E-state index is 11.9. The monoisotopic (exact) mass is 295 g/mol. The number of anilines is 1. The van der Waals surface area contributed by atoms with Gasteiger partial charge in [-0.1, -0.05) is 47.5 Å². The van der Waals surface area contributed by atoms with Crippen LogP contribution in [-0.4, -0.2) is 5.97 Å². The van der Waals surface area contributed by atoms with Gasteiger partial charge in [-0.25, -0.2) is 4.79 Å². The van der Waals surface area contributed by atoms with E-state index < -0.39 is 5.97 Å². The van der Waals surface area contributed by atoms with Crippen molar-refractivity contribution >= 4 is 34.9 Å². The van der Waals surface area contributed by atoms with E-state index in [2.05, 4.69) is 0 Å². The molecule has 0 radical (unpaired) electrons. The molecular weight excluding hydrogens is 285 g/mol. The van der Waals surface area contributed by atoms with E-state index in [4.69, 9.17) is 33.7 Å². The number of carbonyl (C=O) groups is 1. The minimum atomic E-state index is -0.567. The van der Waals surface area contributed by atoms with Crippen LogP contribution in [0.25, 0.3) is 0 Å². The van der Waals surface area contributed by atoms with Crippen LogP contribution in [0.4, 0.5) is 5.69 Å². The summed E-state index contributed by atoms with van der Waals surface area (Å²) < 4.78 is 5.17. The lowest BCUT2D eigenvalue weighted by Gasteiger charge is -2.09. The van der Waals surface area contributed by atoms with Gasteiger partial charge in [0.05, 0.1) is 5.02 Å². The smallest absolute Gasteiger partial charge is 0.342 e. The molecule has 0 spiro atoms. The highest BCUT2D eigenvalue weighted by molar-refractivity contribution is 6.34. The Bertz CT molecular complexity index is 594. The van der Waals surface area contributed by atoms with Crippen LogP contribution < -0.4 is 5.73 Å². The van der Waals surface area contributed by atoms with E-state index in [9.17, 15) is 4.79 Å². The van der Waals surface area contributed by atoms with Crippen LogP contribution >= 0.6 is 23.2 Å². The predicted octanol–water partition coefficient (Wildman–Crippen LogP) is 3.93. The maximum atomic E-state index is 11.9. The second-order valence-corrected chi connectivity index (χ2v) is 4.69. The Kier molecular flexibility index (Phi) is 4.30. The molecule has 0 saturated heterocycles. The van der Waals surface area contributed by atoms with Crippen molar-refractivity contribution in [3.05, 3.63) is 63.6 Å². The average Bonchev–Trinajstić information content (AvgIpc) is 2.37. The molecule has 0 aliphatic carbocycles. The minimum Gasteiger partial charge on any atom is -0.457 e. The first-order valence-corrected chi connectivity index (χ1v) is 6.29. The maximum Gasteiger partial charge on any atom is 0.342 e. The summed E-state index contributed by atoms with van der Waals surface area (Å²) in [6, 6.07) is 12.0. The van der Waals surface area contributed by atoms with E-state index in [0.29, 0.717) is 5.02 Å². The van der Waals surface area contributed by atoms with Crippen molar-refractivity contribution in [1.29, 1.82) is 0 Å². The summed E-state index contributed by atoms with van der Waals surface area (Å²) in [6.45, 7) is 0.0726. The van der Waals surface area contributed by atoms with Crippen molar-refractivity contribution in [2.75, 3.05) is 5.73 Å². The van der Waals surface area contributed by atoms with E-state index in [1.165, 1.54) is 0 Å². The van der Waals surface area contributed by atoms with Gasteiger partial charge in [-0.15, -0.1) is 0 Å². The van der Waals surface area contributed by atoms with Crippen LogP contribution in [-0.2, 0) is 11.3 Å². The predicted molar refractivity (Wildman–Crippen MR) is 76.4 cm³/mol. The third kappa shape index (κ3) is 3.19. The molecule has 0 aliphatic rings. The zero-order chi connectivity index (χ0) is 13.8. The summed E-state index contributed by atoms with van der Waals surface area (Å²) in [5.74, 6) is -0.567. The molecule has 0 aliphatic heterocycles. The topological polar surface area (TPSA) is 52.3 Å². The summed E-state index contributed by atoms with van der Waals surface area (Å²) in [6.07, 6.45) is 0. The first-order chi connectivity index (χ1) is 9.09. The molecule has 0 aromatic heterocycles. The molecule has 0 unspecified atom stereocenters. The molecule has 2 aromatic rings. The van der Waals surface area contributed by atoms with Crippen LogP contribution in [0.2, 0.25) is 10.0 Å². The molecule has 98 valence electrons. The molecule has 3 nitrogen and oxygen atoms in total. The molecule has 0 heterocycles. The number of halogens is 2. The fraction of sp³-hybridized carbons (Fsp3) is 0.0714. The van der Waals surface area contributed by atoms with Crippen LogP contribution in [0.1, 0.15) is 15.9 Å². The van der Waals surface area contributed by atoms with Crippen LogP contribution in [0.3, 0.4) is 0 Å². The van der Waals surface area contributed by atoms with Gasteiger partial charge in [0.15, 0.2) is 0 Å². The first-order valence-electron chi connectivity index (χ1n) is 5.54. The van der Waals surface area contributed by atoms with Crippen LogP contribution in [0, 0.1) is 0 Å². The third-order valence-electron chi connectivity index (χ3n) is 2.57. The molecule has 0 atom stereocenters. The highest BCUT2D eigenvalue weighted by Gasteiger charge is 2.15. The Labute approximate surface area is 120 Å². The second kappa shape index (κ2) is 5.95. The number of carbonyl (C=O) groups excluding carboxylic acids is 1. The van der Waals surface area contributed by atoms with E-state index in [1.54, 1.807) is 36.4 Å².